The van der Waals surface area contributed by atoms with Crippen molar-refractivity contribution < 1.29 is 19.1 Å². The van der Waals surface area contributed by atoms with Gasteiger partial charge in [-0.1, -0.05) is 6.07 Å². The van der Waals surface area contributed by atoms with Crippen LogP contribution in [0.15, 0.2) is 22.7 Å². The lowest BCUT2D eigenvalue weighted by atomic mass is 10.2. The van der Waals surface area contributed by atoms with E-state index in [1.54, 1.807) is 6.07 Å². The summed E-state index contributed by atoms with van der Waals surface area (Å²) in [5, 5.41) is 13.8. The van der Waals surface area contributed by atoms with Crippen molar-refractivity contribution in [1.29, 1.82) is 0 Å². The molecule has 0 spiro atoms. The molecule has 0 heterocycles. The smallest absolute Gasteiger partial charge is 0.328 e. The number of carboxylic acids is 1. The van der Waals surface area contributed by atoms with Gasteiger partial charge in [0, 0.05) is 17.9 Å². The molecule has 1 aromatic carbocycles. The molecule has 0 fully saturated rings. The summed E-state index contributed by atoms with van der Waals surface area (Å²) in [5.74, 6) is -2.15. The topological polar surface area (TPSA) is 78.4 Å². The normalized spacial score (nSPS) is 11.7. The van der Waals surface area contributed by atoms with Crippen molar-refractivity contribution in [1.82, 2.24) is 5.32 Å². The van der Waals surface area contributed by atoms with Gasteiger partial charge in [-0.15, -0.1) is 0 Å². The minimum atomic E-state index is -1.19. The van der Waals surface area contributed by atoms with Crippen LogP contribution in [-0.4, -0.2) is 29.6 Å². The van der Waals surface area contributed by atoms with Crippen molar-refractivity contribution in [3.63, 3.8) is 0 Å². The zero-order chi connectivity index (χ0) is 13.7. The van der Waals surface area contributed by atoms with Crippen molar-refractivity contribution in [2.75, 3.05) is 11.9 Å². The Morgan fingerprint density at radius 2 is 2.17 bits per heavy atom. The summed E-state index contributed by atoms with van der Waals surface area (Å²) in [4.78, 5) is 21.7. The van der Waals surface area contributed by atoms with Gasteiger partial charge in [0.2, 0.25) is 5.91 Å². The van der Waals surface area contributed by atoms with Crippen LogP contribution in [0.25, 0.3) is 0 Å². The Bertz CT molecular complexity index is 447. The second-order valence-corrected chi connectivity index (χ2v) is 4.42. The number of rotatable bonds is 5. The van der Waals surface area contributed by atoms with Gasteiger partial charge in [0.1, 0.15) is 11.9 Å². The first kappa shape index (κ1) is 14.4. The minimum Gasteiger partial charge on any atom is -0.480 e. The van der Waals surface area contributed by atoms with Crippen molar-refractivity contribution in [3.05, 3.63) is 28.5 Å². The molecule has 0 radical (unpaired) electrons. The Morgan fingerprint density at radius 1 is 1.50 bits per heavy atom. The van der Waals surface area contributed by atoms with Crippen LogP contribution in [0.4, 0.5) is 10.1 Å². The number of hydrogen-bond donors (Lipinski definition) is 3. The van der Waals surface area contributed by atoms with E-state index in [-0.39, 0.29) is 12.2 Å². The molecule has 5 nitrogen and oxygen atoms in total. The number of hydrogen-bond acceptors (Lipinski definition) is 3. The molecule has 1 aromatic rings. The molecule has 0 saturated heterocycles. The number of nitrogens with one attached hydrogen (secondary N) is 2. The third-order valence-corrected chi connectivity index (χ3v) is 2.78. The lowest BCUT2D eigenvalue weighted by Gasteiger charge is -2.16. The Balaban J connectivity index is 2.73. The number of carboxylic acid groups (broad SMARTS) is 1. The van der Waals surface area contributed by atoms with Gasteiger partial charge in [-0.2, -0.15) is 0 Å². The van der Waals surface area contributed by atoms with Crippen LogP contribution in [-0.2, 0) is 9.59 Å². The summed E-state index contributed by atoms with van der Waals surface area (Å²) in [6.07, 6.45) is 0. The summed E-state index contributed by atoms with van der Waals surface area (Å²) >= 11 is 3.15. The summed E-state index contributed by atoms with van der Waals surface area (Å²) < 4.78 is 13.9. The number of carbonyl (C=O) groups is 2. The highest BCUT2D eigenvalue weighted by molar-refractivity contribution is 9.10. The first-order valence-electron chi connectivity index (χ1n) is 5.09. The van der Waals surface area contributed by atoms with Crippen LogP contribution in [0, 0.1) is 5.82 Å². The van der Waals surface area contributed by atoms with Gasteiger partial charge in [0.05, 0.1) is 5.69 Å². The van der Waals surface area contributed by atoms with E-state index in [2.05, 4.69) is 26.6 Å². The highest BCUT2D eigenvalue weighted by Gasteiger charge is 2.19. The first-order chi connectivity index (χ1) is 8.41. The van der Waals surface area contributed by atoms with Crippen LogP contribution in [0.3, 0.4) is 0 Å². The summed E-state index contributed by atoms with van der Waals surface area (Å²) in [5.41, 5.74) is 0.161. The lowest BCUT2D eigenvalue weighted by molar-refractivity contribution is -0.141. The highest BCUT2D eigenvalue weighted by Crippen LogP contribution is 2.24. The highest BCUT2D eigenvalue weighted by atomic mass is 79.9. The van der Waals surface area contributed by atoms with Crippen LogP contribution in [0.1, 0.15) is 6.92 Å². The Hall–Kier alpha value is -1.63. The minimum absolute atomic E-state index is 0.117. The summed E-state index contributed by atoms with van der Waals surface area (Å²) in [6.45, 7) is 1.10. The third kappa shape index (κ3) is 3.99. The number of aliphatic carboxylic acids is 1. The van der Waals surface area contributed by atoms with E-state index in [0.717, 1.165) is 0 Å². The van der Waals surface area contributed by atoms with Crippen LogP contribution >= 0.6 is 15.9 Å². The lowest BCUT2D eigenvalue weighted by Crippen LogP contribution is -2.44. The number of benzene rings is 1. The van der Waals surface area contributed by atoms with Crippen molar-refractivity contribution >= 4 is 33.5 Å². The Morgan fingerprint density at radius 3 is 2.67 bits per heavy atom. The predicted molar refractivity (Wildman–Crippen MR) is 67.8 cm³/mol. The van der Waals surface area contributed by atoms with E-state index in [1.807, 2.05) is 0 Å². The van der Waals surface area contributed by atoms with Gasteiger partial charge in [-0.05, 0) is 28.1 Å². The maximum absolute atomic E-state index is 13.4. The van der Waals surface area contributed by atoms with Gasteiger partial charge in [0.25, 0.3) is 0 Å². The molecule has 7 heteroatoms. The number of para-hydroxylation sites is 1. The zero-order valence-electron chi connectivity index (χ0n) is 9.54. The van der Waals surface area contributed by atoms with Crippen molar-refractivity contribution in [2.45, 2.75) is 13.0 Å². The molecule has 1 rings (SSSR count). The SMILES string of the molecule is CC(=O)NC(CNc1c(F)cccc1Br)C(=O)O. The van der Waals surface area contributed by atoms with Crippen molar-refractivity contribution in [3.8, 4) is 0 Å². The van der Waals surface area contributed by atoms with E-state index in [0.29, 0.717) is 4.47 Å². The molecule has 0 aromatic heterocycles. The number of carbonyl (C=O) groups excluding carboxylic acids is 1. The standard InChI is InChI=1S/C11H12BrFN2O3/c1-6(16)15-9(11(17)18)5-14-10-7(12)3-2-4-8(10)13/h2-4,9,14H,5H2,1H3,(H,15,16)(H,17,18). The fourth-order valence-corrected chi connectivity index (χ4v) is 1.80. The van der Waals surface area contributed by atoms with E-state index in [1.165, 1.54) is 19.1 Å². The van der Waals surface area contributed by atoms with Crippen LogP contribution in [0.5, 0.6) is 0 Å². The zero-order valence-corrected chi connectivity index (χ0v) is 11.1. The molecule has 1 unspecified atom stereocenters. The fourth-order valence-electron chi connectivity index (χ4n) is 1.32. The van der Waals surface area contributed by atoms with E-state index in [4.69, 9.17) is 5.11 Å². The molecule has 1 amide bonds. The quantitative estimate of drug-likeness (QED) is 0.770. The Labute approximate surface area is 112 Å². The average molecular weight is 319 g/mol. The molecule has 0 aliphatic rings. The van der Waals surface area contributed by atoms with Crippen molar-refractivity contribution in [2.24, 2.45) is 0 Å². The molecule has 1 atom stereocenters. The molecule has 0 aliphatic carbocycles. The second-order valence-electron chi connectivity index (χ2n) is 3.57. The van der Waals surface area contributed by atoms with Crippen LogP contribution in [0.2, 0.25) is 0 Å². The van der Waals surface area contributed by atoms with E-state index in [9.17, 15) is 14.0 Å². The molecule has 3 N–H and O–H groups in total. The average Bonchev–Trinajstić information content (AvgIpc) is 2.26. The molecule has 18 heavy (non-hydrogen) atoms. The Kier molecular flexibility index (Phi) is 5.08. The maximum Gasteiger partial charge on any atom is 0.328 e. The molecular formula is C11H12BrFN2O3. The largest absolute Gasteiger partial charge is 0.480 e. The summed E-state index contributed by atoms with van der Waals surface area (Å²) in [7, 11) is 0. The van der Waals surface area contributed by atoms with Gasteiger partial charge in [-0.25, -0.2) is 9.18 Å². The monoisotopic (exact) mass is 318 g/mol. The van der Waals surface area contributed by atoms with Gasteiger partial charge >= 0.3 is 5.97 Å². The van der Waals surface area contributed by atoms with E-state index < -0.39 is 23.7 Å². The molecular weight excluding hydrogens is 307 g/mol. The van der Waals surface area contributed by atoms with Crippen LogP contribution < -0.4 is 10.6 Å². The van der Waals surface area contributed by atoms with Gasteiger partial charge in [0.15, 0.2) is 0 Å². The molecule has 0 aliphatic heterocycles. The number of anilines is 1. The fraction of sp³-hybridized carbons (Fsp3) is 0.273. The molecule has 98 valence electrons. The molecule has 0 saturated carbocycles. The third-order valence-electron chi connectivity index (χ3n) is 2.12. The number of halogens is 2. The van der Waals surface area contributed by atoms with Gasteiger partial charge in [-0.3, -0.25) is 4.79 Å². The first-order valence-corrected chi connectivity index (χ1v) is 5.89. The maximum atomic E-state index is 13.4. The second kappa shape index (κ2) is 6.34. The number of amides is 1. The molecule has 0 bridgehead atoms. The predicted octanol–water partition coefficient (Wildman–Crippen LogP) is 1.59. The van der Waals surface area contributed by atoms with Gasteiger partial charge < -0.3 is 15.7 Å². The summed E-state index contributed by atoms with van der Waals surface area (Å²) in [6, 6.07) is 3.28. The van der Waals surface area contributed by atoms with E-state index >= 15 is 0 Å².